The van der Waals surface area contributed by atoms with Crippen molar-refractivity contribution in [3.63, 3.8) is 0 Å². The van der Waals surface area contributed by atoms with Gasteiger partial charge in [0, 0.05) is 51.9 Å². The summed E-state index contributed by atoms with van der Waals surface area (Å²) in [6.45, 7) is 6.06. The maximum atomic E-state index is 12.8. The average Bonchev–Trinajstić information content (AvgIpc) is 3.35. The van der Waals surface area contributed by atoms with Gasteiger partial charge in [-0.25, -0.2) is 8.42 Å². The lowest BCUT2D eigenvalue weighted by Gasteiger charge is -2.23. The van der Waals surface area contributed by atoms with Crippen molar-refractivity contribution in [3.05, 3.63) is 23.8 Å². The highest BCUT2D eigenvalue weighted by molar-refractivity contribution is 7.89. The van der Waals surface area contributed by atoms with Gasteiger partial charge in [0.25, 0.3) is 0 Å². The molecular formula is C20H29N3O5S. The minimum atomic E-state index is -3.54. The molecule has 1 fully saturated rings. The molecule has 2 heterocycles. The third-order valence-corrected chi connectivity index (χ3v) is 7.24. The molecule has 29 heavy (non-hydrogen) atoms. The minimum absolute atomic E-state index is 0.222. The summed E-state index contributed by atoms with van der Waals surface area (Å²) in [6, 6.07) is 4.12. The summed E-state index contributed by atoms with van der Waals surface area (Å²) in [5.74, 6) is -0.481. The molecule has 1 N–H and O–H groups in total. The van der Waals surface area contributed by atoms with Crippen LogP contribution in [0.15, 0.2) is 23.1 Å². The topological polar surface area (TPSA) is 96.0 Å². The van der Waals surface area contributed by atoms with E-state index in [1.165, 1.54) is 22.2 Å². The lowest BCUT2D eigenvalue weighted by atomic mass is 10.1. The summed E-state index contributed by atoms with van der Waals surface area (Å²) in [5, 5.41) is 2.85. The molecule has 2 amide bonds. The largest absolute Gasteiger partial charge is 0.382 e. The van der Waals surface area contributed by atoms with E-state index in [0.29, 0.717) is 56.9 Å². The molecule has 1 unspecified atom stereocenters. The number of hydrogen-bond donors (Lipinski definition) is 1. The molecule has 9 heteroatoms. The molecule has 0 saturated carbocycles. The van der Waals surface area contributed by atoms with Gasteiger partial charge in [-0.1, -0.05) is 0 Å². The van der Waals surface area contributed by atoms with Crippen LogP contribution in [0.5, 0.6) is 0 Å². The van der Waals surface area contributed by atoms with E-state index >= 15 is 0 Å². The number of nitrogens with one attached hydrogen (secondary N) is 1. The maximum absolute atomic E-state index is 12.8. The van der Waals surface area contributed by atoms with Crippen LogP contribution in [0, 0.1) is 0 Å². The van der Waals surface area contributed by atoms with Gasteiger partial charge in [-0.2, -0.15) is 4.31 Å². The third kappa shape index (κ3) is 4.62. The number of hydrogen-bond acceptors (Lipinski definition) is 5. The van der Waals surface area contributed by atoms with Crippen LogP contribution in [0.25, 0.3) is 0 Å². The predicted molar refractivity (Wildman–Crippen MR) is 109 cm³/mol. The Labute approximate surface area is 172 Å². The summed E-state index contributed by atoms with van der Waals surface area (Å²) < 4.78 is 32.5. The summed E-state index contributed by atoms with van der Waals surface area (Å²) >= 11 is 0. The molecule has 0 radical (unpaired) electrons. The highest BCUT2D eigenvalue weighted by Crippen LogP contribution is 2.35. The van der Waals surface area contributed by atoms with Crippen LogP contribution in [0.2, 0.25) is 0 Å². The Morgan fingerprint density at radius 1 is 1.24 bits per heavy atom. The van der Waals surface area contributed by atoms with E-state index in [0.717, 1.165) is 12.8 Å². The van der Waals surface area contributed by atoms with Crippen molar-refractivity contribution in [2.24, 2.45) is 0 Å². The second-order valence-corrected chi connectivity index (χ2v) is 9.29. The smallest absolute Gasteiger partial charge is 0.243 e. The van der Waals surface area contributed by atoms with Crippen LogP contribution >= 0.6 is 0 Å². The van der Waals surface area contributed by atoms with E-state index in [1.54, 1.807) is 12.1 Å². The second kappa shape index (κ2) is 9.23. The van der Waals surface area contributed by atoms with Gasteiger partial charge in [0.15, 0.2) is 0 Å². The molecule has 1 atom stereocenters. The Balaban J connectivity index is 1.76. The van der Waals surface area contributed by atoms with Gasteiger partial charge in [0.05, 0.1) is 4.90 Å². The van der Waals surface area contributed by atoms with Crippen molar-refractivity contribution in [2.75, 3.05) is 37.7 Å². The molecule has 0 bridgehead atoms. The van der Waals surface area contributed by atoms with Crippen LogP contribution in [0.4, 0.5) is 5.69 Å². The van der Waals surface area contributed by atoms with Gasteiger partial charge < -0.3 is 10.1 Å². The predicted octanol–water partition coefficient (Wildman–Crippen LogP) is 1.29. The first-order chi connectivity index (χ1) is 13.9. The first kappa shape index (κ1) is 21.7. The van der Waals surface area contributed by atoms with E-state index in [4.69, 9.17) is 4.74 Å². The van der Waals surface area contributed by atoms with E-state index in [2.05, 4.69) is 5.32 Å². The molecular weight excluding hydrogens is 394 g/mol. The van der Waals surface area contributed by atoms with Gasteiger partial charge in [0.2, 0.25) is 21.8 Å². The van der Waals surface area contributed by atoms with Crippen molar-refractivity contribution >= 4 is 27.5 Å². The Morgan fingerprint density at radius 3 is 2.62 bits per heavy atom. The van der Waals surface area contributed by atoms with Gasteiger partial charge in [0.1, 0.15) is 6.04 Å². The molecule has 160 valence electrons. The number of fused-ring (bicyclic) bond motifs is 1. The van der Waals surface area contributed by atoms with Gasteiger partial charge in [-0.3, -0.25) is 14.5 Å². The van der Waals surface area contributed by atoms with Crippen molar-refractivity contribution < 1.29 is 22.7 Å². The fraction of sp³-hybridized carbons (Fsp3) is 0.600. The molecule has 1 aromatic carbocycles. The minimum Gasteiger partial charge on any atom is -0.382 e. The van der Waals surface area contributed by atoms with Crippen LogP contribution in [0.3, 0.4) is 0 Å². The van der Waals surface area contributed by atoms with E-state index in [9.17, 15) is 18.0 Å². The van der Waals surface area contributed by atoms with E-state index in [1.807, 2.05) is 6.92 Å². The van der Waals surface area contributed by atoms with Crippen molar-refractivity contribution in [3.8, 4) is 0 Å². The monoisotopic (exact) mass is 423 g/mol. The van der Waals surface area contributed by atoms with Crippen LogP contribution in [-0.2, 0) is 30.8 Å². The SMILES string of the molecule is CCOCCCNC(=O)C1Cc2cc(S(=O)(=O)N3CCCC3)ccc2N1C(C)=O. The number of carbonyl (C=O) groups is 2. The zero-order chi connectivity index (χ0) is 21.0. The quantitative estimate of drug-likeness (QED) is 0.636. The molecule has 0 aromatic heterocycles. The van der Waals surface area contributed by atoms with Crippen LogP contribution in [0.1, 0.15) is 38.7 Å². The summed E-state index contributed by atoms with van der Waals surface area (Å²) in [6.07, 6.45) is 2.73. The number of carbonyl (C=O) groups excluding carboxylic acids is 2. The molecule has 0 aliphatic carbocycles. The fourth-order valence-electron chi connectivity index (χ4n) is 3.91. The number of rotatable bonds is 8. The first-order valence-electron chi connectivity index (χ1n) is 10.1. The highest BCUT2D eigenvalue weighted by atomic mass is 32.2. The molecule has 1 aromatic rings. The number of nitrogens with zero attached hydrogens (tertiary/aromatic N) is 2. The number of amides is 2. The Bertz CT molecular complexity index is 865. The van der Waals surface area contributed by atoms with Gasteiger partial charge >= 0.3 is 0 Å². The Morgan fingerprint density at radius 2 is 1.97 bits per heavy atom. The number of ether oxygens (including phenoxy) is 1. The molecule has 0 spiro atoms. The van der Waals surface area contributed by atoms with E-state index in [-0.39, 0.29) is 16.7 Å². The zero-order valence-electron chi connectivity index (χ0n) is 17.0. The average molecular weight is 424 g/mol. The van der Waals surface area contributed by atoms with Crippen molar-refractivity contribution in [1.82, 2.24) is 9.62 Å². The Kier molecular flexibility index (Phi) is 6.92. The molecule has 8 nitrogen and oxygen atoms in total. The number of anilines is 1. The Hall–Kier alpha value is -1.97. The molecule has 1 saturated heterocycles. The molecule has 2 aliphatic rings. The number of sulfonamides is 1. The summed E-state index contributed by atoms with van der Waals surface area (Å²) in [4.78, 5) is 26.6. The summed E-state index contributed by atoms with van der Waals surface area (Å²) in [7, 11) is -3.54. The van der Waals surface area contributed by atoms with Gasteiger partial charge in [-0.15, -0.1) is 0 Å². The zero-order valence-corrected chi connectivity index (χ0v) is 17.8. The normalized spacial score (nSPS) is 19.4. The van der Waals surface area contributed by atoms with Gasteiger partial charge in [-0.05, 0) is 49.9 Å². The lowest BCUT2D eigenvalue weighted by Crippen LogP contribution is -2.47. The molecule has 2 aliphatic heterocycles. The lowest BCUT2D eigenvalue weighted by molar-refractivity contribution is -0.125. The van der Waals surface area contributed by atoms with E-state index < -0.39 is 16.1 Å². The number of benzene rings is 1. The van der Waals surface area contributed by atoms with Crippen LogP contribution < -0.4 is 10.2 Å². The van der Waals surface area contributed by atoms with Crippen LogP contribution in [-0.4, -0.2) is 63.4 Å². The fourth-order valence-corrected chi connectivity index (χ4v) is 5.48. The summed E-state index contributed by atoms with van der Waals surface area (Å²) in [5.41, 5.74) is 1.31. The highest BCUT2D eigenvalue weighted by Gasteiger charge is 2.38. The third-order valence-electron chi connectivity index (χ3n) is 5.35. The molecule has 3 rings (SSSR count). The van der Waals surface area contributed by atoms with Crippen molar-refractivity contribution in [2.45, 2.75) is 50.5 Å². The maximum Gasteiger partial charge on any atom is 0.243 e. The van der Waals surface area contributed by atoms with Crippen molar-refractivity contribution in [1.29, 1.82) is 0 Å². The first-order valence-corrected chi connectivity index (χ1v) is 11.6. The standard InChI is InChI=1S/C20H29N3O5S/c1-3-28-12-6-9-21-20(25)19-14-16-13-17(7-8-18(16)23(19)15(2)24)29(26,27)22-10-4-5-11-22/h7-8,13,19H,3-6,9-12,14H2,1-2H3,(H,21,25). The second-order valence-electron chi connectivity index (χ2n) is 7.35.